The lowest BCUT2D eigenvalue weighted by Gasteiger charge is -2.35. The first-order valence-corrected chi connectivity index (χ1v) is 15.4. The van der Waals surface area contributed by atoms with Crippen LogP contribution in [0.1, 0.15) is 68.9 Å². The summed E-state index contributed by atoms with van der Waals surface area (Å²) >= 11 is 1.56. The molecule has 0 spiro atoms. The number of thiophene rings is 1. The molecule has 1 fully saturated rings. The lowest BCUT2D eigenvalue weighted by atomic mass is 9.71. The van der Waals surface area contributed by atoms with Crippen LogP contribution in [0.2, 0.25) is 19.4 Å². The first-order chi connectivity index (χ1) is 20.9. The maximum atomic E-state index is 8.44. The third kappa shape index (κ3) is 4.08. The Morgan fingerprint density at radius 1 is 0.972 bits per heavy atom. The van der Waals surface area contributed by atoms with E-state index in [4.69, 9.17) is 12.3 Å². The van der Waals surface area contributed by atoms with Gasteiger partial charge in [0.15, 0.2) is 0 Å². The Balaban J connectivity index is 1.61. The fraction of sp³-hybridized carbons (Fsp3) is 0.375. The van der Waals surface area contributed by atoms with Gasteiger partial charge in [0, 0.05) is 28.0 Å². The second-order valence-electron chi connectivity index (χ2n) is 11.1. The summed E-state index contributed by atoms with van der Waals surface area (Å²) in [5, 5.41) is 1.77. The Morgan fingerprint density at radius 3 is 2.53 bits per heavy atom. The zero-order chi connectivity index (χ0) is 32.7. The molecule has 184 valence electrons. The second-order valence-corrected chi connectivity index (χ2v) is 14.2. The number of benzene rings is 3. The number of fused-ring (bicyclic) bond motifs is 4. The van der Waals surface area contributed by atoms with E-state index in [9.17, 15) is 0 Å². The zero-order valence-corrected chi connectivity index (χ0v) is 22.7. The van der Waals surface area contributed by atoms with Crippen molar-refractivity contribution in [1.29, 1.82) is 0 Å². The van der Waals surface area contributed by atoms with Crippen molar-refractivity contribution in [2.24, 2.45) is 5.41 Å². The molecule has 0 radical (unpaired) electrons. The quantitative estimate of drug-likeness (QED) is 0.223. The van der Waals surface area contributed by atoms with E-state index in [0.29, 0.717) is 33.4 Å². The lowest BCUT2D eigenvalue weighted by molar-refractivity contribution is 0.224. The Kier molecular flexibility index (Phi) is 3.69. The highest BCUT2D eigenvalue weighted by atomic mass is 32.1. The van der Waals surface area contributed by atoms with Gasteiger partial charge < -0.3 is 0 Å². The first-order valence-electron chi connectivity index (χ1n) is 17.1. The minimum absolute atomic E-state index is 0.123. The topological polar surface area (TPSA) is 25.8 Å². The number of aromatic nitrogens is 2. The summed E-state index contributed by atoms with van der Waals surface area (Å²) in [6, 6.07) is 14.6. The molecule has 2 heterocycles. The van der Waals surface area contributed by atoms with Crippen molar-refractivity contribution >= 4 is 55.7 Å². The molecule has 0 amide bonds. The van der Waals surface area contributed by atoms with Crippen LogP contribution in [0.25, 0.3) is 42.3 Å². The number of hydrogen-bond donors (Lipinski definition) is 0. The molecule has 1 aliphatic rings. The summed E-state index contributed by atoms with van der Waals surface area (Å²) < 4.78 is 77.8. The monoisotopic (exact) mass is 517 g/mol. The van der Waals surface area contributed by atoms with E-state index in [1.54, 1.807) is 35.6 Å². The SMILES string of the molecule is [2H]C([2H])([2H])[Si](c1cc(-c2ncnc3c2sc2cc(C4CCC(C)(C)CC4)c(C)cc23)cc2ccccc12)(C([2H])([2H])[2H])C([2H])([2H])[2H]. The summed E-state index contributed by atoms with van der Waals surface area (Å²) in [6.07, 6.45) is 6.14. The number of hydrogen-bond acceptors (Lipinski definition) is 3. The average Bonchev–Trinajstić information content (AvgIpc) is 3.28. The largest absolute Gasteiger partial charge is 0.235 e. The molecular formula is C32H36N2SSi. The molecule has 0 saturated heterocycles. The van der Waals surface area contributed by atoms with Crippen molar-refractivity contribution in [3.8, 4) is 11.3 Å². The van der Waals surface area contributed by atoms with Gasteiger partial charge in [0.1, 0.15) is 6.33 Å². The zero-order valence-electron chi connectivity index (χ0n) is 29.9. The molecule has 4 heteroatoms. The van der Waals surface area contributed by atoms with Gasteiger partial charge in [-0.25, -0.2) is 9.97 Å². The second kappa shape index (κ2) is 8.49. The number of aryl methyl sites for hydroxylation is 1. The fourth-order valence-corrected chi connectivity index (χ4v) is 8.06. The standard InChI is InChI=1S/C32H36N2SSi/c1-20-15-26-27(18-25(20)21-11-13-32(2,3)14-12-21)35-31-29(33-19-34-30(26)31)23-16-22-9-7-8-10-24(22)28(17-23)36(4,5)6/h7-10,15-19,21H,11-14H2,1-6H3/i4D3,5D3,6D3. The van der Waals surface area contributed by atoms with Crippen molar-refractivity contribution < 1.29 is 12.3 Å². The van der Waals surface area contributed by atoms with Gasteiger partial charge >= 0.3 is 0 Å². The van der Waals surface area contributed by atoms with Gasteiger partial charge in [-0.15, -0.1) is 11.3 Å². The van der Waals surface area contributed by atoms with Crippen LogP contribution in [0.15, 0.2) is 54.9 Å². The van der Waals surface area contributed by atoms with Crippen LogP contribution in [0.3, 0.4) is 0 Å². The summed E-state index contributed by atoms with van der Waals surface area (Å²) in [7, 11) is -5.29. The molecule has 6 rings (SSSR count). The molecule has 0 aliphatic heterocycles. The number of rotatable bonds is 3. The first kappa shape index (κ1) is 15.6. The fourth-order valence-electron chi connectivity index (χ4n) is 5.86. The molecule has 2 nitrogen and oxygen atoms in total. The van der Waals surface area contributed by atoms with Gasteiger partial charge in [-0.2, -0.15) is 0 Å². The van der Waals surface area contributed by atoms with Crippen molar-refractivity contribution in [2.75, 3.05) is 0 Å². The Morgan fingerprint density at radius 2 is 1.75 bits per heavy atom. The summed E-state index contributed by atoms with van der Waals surface area (Å²) in [4.78, 5) is 9.28. The summed E-state index contributed by atoms with van der Waals surface area (Å²) in [5.41, 5.74) is 4.72. The molecule has 1 saturated carbocycles. The summed E-state index contributed by atoms with van der Waals surface area (Å²) in [6.45, 7) is -2.91. The van der Waals surface area contributed by atoms with E-state index in [0.717, 1.165) is 33.1 Å². The van der Waals surface area contributed by atoms with Crippen molar-refractivity contribution in [3.63, 3.8) is 0 Å². The van der Waals surface area contributed by atoms with Crippen LogP contribution >= 0.6 is 11.3 Å². The molecule has 0 unspecified atom stereocenters. The third-order valence-corrected chi connectivity index (χ3v) is 10.3. The smallest absolute Gasteiger partial charge is 0.116 e. The number of nitrogens with zero attached hydrogens (tertiary/aromatic N) is 2. The molecule has 3 aromatic carbocycles. The van der Waals surface area contributed by atoms with Gasteiger partial charge in [0.25, 0.3) is 0 Å². The predicted molar refractivity (Wildman–Crippen MR) is 161 cm³/mol. The van der Waals surface area contributed by atoms with E-state index in [1.165, 1.54) is 36.4 Å². The molecule has 36 heavy (non-hydrogen) atoms. The molecule has 0 atom stereocenters. The Hall–Kier alpha value is -2.56. The van der Waals surface area contributed by atoms with Gasteiger partial charge in [-0.1, -0.05) is 68.8 Å². The van der Waals surface area contributed by atoms with Crippen LogP contribution in [-0.2, 0) is 0 Å². The van der Waals surface area contributed by atoms with Crippen LogP contribution < -0.4 is 5.19 Å². The van der Waals surface area contributed by atoms with Gasteiger partial charge in [-0.3, -0.25) is 0 Å². The normalized spacial score (nSPS) is 21.6. The maximum Gasteiger partial charge on any atom is 0.116 e. The minimum atomic E-state index is -5.29. The van der Waals surface area contributed by atoms with Gasteiger partial charge in [-0.05, 0) is 84.0 Å². The van der Waals surface area contributed by atoms with E-state index < -0.39 is 27.5 Å². The molecule has 1 aliphatic carbocycles. The maximum absolute atomic E-state index is 8.44. The molecule has 5 aromatic rings. The van der Waals surface area contributed by atoms with Crippen molar-refractivity contribution in [1.82, 2.24) is 9.97 Å². The minimum Gasteiger partial charge on any atom is -0.235 e. The summed E-state index contributed by atoms with van der Waals surface area (Å²) in [5.74, 6) is 0.499. The third-order valence-electron chi connectivity index (χ3n) is 7.96. The predicted octanol–water partition coefficient (Wildman–Crippen LogP) is 9.20. The van der Waals surface area contributed by atoms with Gasteiger partial charge in [0.05, 0.1) is 24.0 Å². The van der Waals surface area contributed by atoms with Crippen LogP contribution in [0.4, 0.5) is 0 Å². The van der Waals surface area contributed by atoms with E-state index in [2.05, 4.69) is 42.9 Å². The highest BCUT2D eigenvalue weighted by Crippen LogP contribution is 2.46. The molecule has 0 bridgehead atoms. The average molecular weight is 518 g/mol. The van der Waals surface area contributed by atoms with Crippen LogP contribution in [0, 0.1) is 12.3 Å². The van der Waals surface area contributed by atoms with E-state index in [1.807, 2.05) is 6.07 Å². The molecular weight excluding hydrogens is 473 g/mol. The molecule has 0 N–H and O–H groups in total. The van der Waals surface area contributed by atoms with Crippen molar-refractivity contribution in [2.45, 2.75) is 71.8 Å². The Labute approximate surface area is 232 Å². The van der Waals surface area contributed by atoms with Gasteiger partial charge in [0.2, 0.25) is 0 Å². The molecule has 2 aromatic heterocycles. The highest BCUT2D eigenvalue weighted by molar-refractivity contribution is 7.26. The van der Waals surface area contributed by atoms with E-state index in [-0.39, 0.29) is 5.19 Å². The van der Waals surface area contributed by atoms with Crippen LogP contribution in [-0.4, -0.2) is 18.0 Å². The lowest BCUT2D eigenvalue weighted by Crippen LogP contribution is -2.38. The Bertz CT molecular complexity index is 1890. The van der Waals surface area contributed by atoms with Crippen molar-refractivity contribution in [3.05, 3.63) is 66.0 Å². The highest BCUT2D eigenvalue weighted by Gasteiger charge is 2.29. The van der Waals surface area contributed by atoms with E-state index >= 15 is 0 Å². The van der Waals surface area contributed by atoms with Crippen LogP contribution in [0.5, 0.6) is 0 Å².